The number of nitrogens with one attached hydrogen (secondary N) is 1. The van der Waals surface area contributed by atoms with Crippen LogP contribution in [0.1, 0.15) is 21.3 Å². The molecule has 0 radical (unpaired) electrons. The molecule has 1 amide bonds. The Labute approximate surface area is 143 Å². The van der Waals surface area contributed by atoms with Gasteiger partial charge in [0.2, 0.25) is 5.91 Å². The molecule has 7 heteroatoms. The van der Waals surface area contributed by atoms with Crippen LogP contribution in [0.15, 0.2) is 17.6 Å². The molecule has 0 aliphatic heterocycles. The minimum atomic E-state index is -0.0674. The van der Waals surface area contributed by atoms with Crippen LogP contribution < -0.4 is 5.32 Å². The first kappa shape index (κ1) is 15.9. The highest BCUT2D eigenvalue weighted by Crippen LogP contribution is 2.28. The maximum atomic E-state index is 12.3. The minimum Gasteiger partial charge on any atom is -0.339 e. The van der Waals surface area contributed by atoms with Crippen LogP contribution in [0.4, 0.5) is 5.13 Å². The first-order chi connectivity index (χ1) is 10.9. The van der Waals surface area contributed by atoms with Crippen molar-refractivity contribution in [2.45, 2.75) is 34.2 Å². The maximum absolute atomic E-state index is 12.3. The summed E-state index contributed by atoms with van der Waals surface area (Å²) in [4.78, 5) is 22.1. The Morgan fingerprint density at radius 3 is 2.70 bits per heavy atom. The molecule has 0 spiro atoms. The lowest BCUT2D eigenvalue weighted by molar-refractivity contribution is -0.116. The Hall–Kier alpha value is -1.99. The van der Waals surface area contributed by atoms with E-state index >= 15 is 0 Å². The Morgan fingerprint density at radius 2 is 2.09 bits per heavy atom. The summed E-state index contributed by atoms with van der Waals surface area (Å²) in [6.45, 7) is 8.28. The van der Waals surface area contributed by atoms with E-state index in [2.05, 4.69) is 26.7 Å². The van der Waals surface area contributed by atoms with Crippen LogP contribution in [0.5, 0.6) is 0 Å². The van der Waals surface area contributed by atoms with Crippen molar-refractivity contribution in [2.24, 2.45) is 0 Å². The van der Waals surface area contributed by atoms with E-state index < -0.39 is 0 Å². The molecule has 3 rings (SSSR count). The van der Waals surface area contributed by atoms with Gasteiger partial charge in [-0.25, -0.2) is 9.97 Å². The third-order valence-electron chi connectivity index (χ3n) is 3.64. The second kappa shape index (κ2) is 6.25. The zero-order chi connectivity index (χ0) is 16.6. The molecule has 0 aliphatic carbocycles. The van der Waals surface area contributed by atoms with Crippen LogP contribution in [0.3, 0.4) is 0 Å². The highest BCUT2D eigenvalue weighted by atomic mass is 32.1. The molecule has 1 N–H and O–H groups in total. The van der Waals surface area contributed by atoms with Gasteiger partial charge in [-0.05, 0) is 33.8 Å². The number of anilines is 1. The summed E-state index contributed by atoms with van der Waals surface area (Å²) in [7, 11) is 0. The van der Waals surface area contributed by atoms with Crippen LogP contribution >= 0.6 is 22.7 Å². The molecule has 0 saturated heterocycles. The number of amides is 1. The molecule has 0 saturated carbocycles. The van der Waals surface area contributed by atoms with Crippen LogP contribution in [0.25, 0.3) is 11.3 Å². The number of thiazole rings is 2. The molecule has 120 valence electrons. The summed E-state index contributed by atoms with van der Waals surface area (Å²) >= 11 is 3.11. The Morgan fingerprint density at radius 1 is 1.30 bits per heavy atom. The molecule has 5 nitrogen and oxygen atoms in total. The average Bonchev–Trinajstić information content (AvgIpc) is 3.15. The number of hydrogen-bond donors (Lipinski definition) is 1. The molecule has 0 unspecified atom stereocenters. The van der Waals surface area contributed by atoms with Gasteiger partial charge in [-0.1, -0.05) is 0 Å². The number of nitrogens with zero attached hydrogens (tertiary/aromatic N) is 3. The van der Waals surface area contributed by atoms with Gasteiger partial charge >= 0.3 is 0 Å². The lowest BCUT2D eigenvalue weighted by Gasteiger charge is -2.09. The lowest BCUT2D eigenvalue weighted by Crippen LogP contribution is -2.20. The number of aryl methyl sites for hydroxylation is 3. The van der Waals surface area contributed by atoms with Gasteiger partial charge in [0.25, 0.3) is 0 Å². The van der Waals surface area contributed by atoms with Crippen molar-refractivity contribution >= 4 is 33.7 Å². The number of hydrogen-bond acceptors (Lipinski definition) is 5. The summed E-state index contributed by atoms with van der Waals surface area (Å²) in [5.74, 6) is -0.0674. The molecular weight excluding hydrogens is 328 g/mol. The van der Waals surface area contributed by atoms with E-state index in [4.69, 9.17) is 0 Å². The third kappa shape index (κ3) is 3.35. The monoisotopic (exact) mass is 346 g/mol. The summed E-state index contributed by atoms with van der Waals surface area (Å²) in [5, 5.41) is 6.60. The first-order valence-electron chi connectivity index (χ1n) is 7.25. The standard InChI is InChI=1S/C16H18N4OS2/c1-9-5-13(14-8-22-12(4)18-14)11(3)20(9)7-15(21)19-16-17-6-10(2)23-16/h5-6,8H,7H2,1-4H3,(H,17,19,21). The fourth-order valence-electron chi connectivity index (χ4n) is 2.51. The van der Waals surface area contributed by atoms with Gasteiger partial charge in [0.05, 0.1) is 10.7 Å². The lowest BCUT2D eigenvalue weighted by atomic mass is 10.2. The minimum absolute atomic E-state index is 0.0674. The second-order valence-electron chi connectivity index (χ2n) is 5.45. The van der Waals surface area contributed by atoms with Crippen molar-refractivity contribution in [1.82, 2.24) is 14.5 Å². The van der Waals surface area contributed by atoms with E-state index in [1.807, 2.05) is 32.3 Å². The summed E-state index contributed by atoms with van der Waals surface area (Å²) in [5.41, 5.74) is 4.17. The van der Waals surface area contributed by atoms with E-state index in [1.54, 1.807) is 17.5 Å². The largest absolute Gasteiger partial charge is 0.339 e. The summed E-state index contributed by atoms with van der Waals surface area (Å²) < 4.78 is 2.01. The molecule has 0 aliphatic rings. The molecule has 3 aromatic rings. The fraction of sp³-hybridized carbons (Fsp3) is 0.312. The Kier molecular flexibility index (Phi) is 4.32. The van der Waals surface area contributed by atoms with E-state index in [1.165, 1.54) is 11.3 Å². The Balaban J connectivity index is 1.80. The zero-order valence-electron chi connectivity index (χ0n) is 13.5. The predicted octanol–water partition coefficient (Wildman–Crippen LogP) is 3.94. The first-order valence-corrected chi connectivity index (χ1v) is 8.95. The normalized spacial score (nSPS) is 11.0. The Bertz CT molecular complexity index is 859. The van der Waals surface area contributed by atoms with Gasteiger partial charge in [0.15, 0.2) is 5.13 Å². The van der Waals surface area contributed by atoms with Crippen molar-refractivity contribution in [2.75, 3.05) is 5.32 Å². The van der Waals surface area contributed by atoms with Crippen LogP contribution in [0.2, 0.25) is 0 Å². The van der Waals surface area contributed by atoms with Crippen LogP contribution in [-0.4, -0.2) is 20.4 Å². The molecule has 0 atom stereocenters. The molecule has 3 heterocycles. The second-order valence-corrected chi connectivity index (χ2v) is 7.74. The van der Waals surface area contributed by atoms with Gasteiger partial charge in [0, 0.05) is 33.4 Å². The van der Waals surface area contributed by atoms with Crippen LogP contribution in [0, 0.1) is 27.7 Å². The number of carbonyl (C=O) groups is 1. The van der Waals surface area contributed by atoms with Gasteiger partial charge in [-0.15, -0.1) is 22.7 Å². The van der Waals surface area contributed by atoms with Gasteiger partial charge in [-0.3, -0.25) is 4.79 Å². The van der Waals surface area contributed by atoms with Crippen molar-refractivity contribution in [3.63, 3.8) is 0 Å². The van der Waals surface area contributed by atoms with Crippen molar-refractivity contribution in [1.29, 1.82) is 0 Å². The molecule has 23 heavy (non-hydrogen) atoms. The SMILES string of the molecule is Cc1cnc(NC(=O)Cn2c(C)cc(-c3csc(C)n3)c2C)s1. The summed E-state index contributed by atoms with van der Waals surface area (Å²) in [6, 6.07) is 2.09. The van der Waals surface area contributed by atoms with E-state index in [0.717, 1.165) is 32.5 Å². The van der Waals surface area contributed by atoms with Gasteiger partial charge in [-0.2, -0.15) is 0 Å². The van der Waals surface area contributed by atoms with E-state index in [-0.39, 0.29) is 12.5 Å². The molecule has 3 aromatic heterocycles. The third-order valence-corrected chi connectivity index (χ3v) is 5.24. The fourth-order valence-corrected chi connectivity index (χ4v) is 3.80. The van der Waals surface area contributed by atoms with Crippen LogP contribution in [-0.2, 0) is 11.3 Å². The topological polar surface area (TPSA) is 59.8 Å². The highest BCUT2D eigenvalue weighted by Gasteiger charge is 2.15. The molecule has 0 bridgehead atoms. The summed E-state index contributed by atoms with van der Waals surface area (Å²) in [6.07, 6.45) is 1.76. The van der Waals surface area contributed by atoms with Crippen molar-refractivity contribution in [3.05, 3.63) is 38.9 Å². The quantitative estimate of drug-likeness (QED) is 0.778. The van der Waals surface area contributed by atoms with Gasteiger partial charge < -0.3 is 9.88 Å². The molecule has 0 aromatic carbocycles. The number of aromatic nitrogens is 3. The van der Waals surface area contributed by atoms with E-state index in [9.17, 15) is 4.79 Å². The maximum Gasteiger partial charge on any atom is 0.246 e. The smallest absolute Gasteiger partial charge is 0.246 e. The molecular formula is C16H18N4OS2. The van der Waals surface area contributed by atoms with Crippen molar-refractivity contribution in [3.8, 4) is 11.3 Å². The highest BCUT2D eigenvalue weighted by molar-refractivity contribution is 7.15. The number of rotatable bonds is 4. The van der Waals surface area contributed by atoms with E-state index in [0.29, 0.717) is 5.13 Å². The average molecular weight is 346 g/mol. The predicted molar refractivity (Wildman–Crippen MR) is 95.2 cm³/mol. The molecule has 0 fully saturated rings. The van der Waals surface area contributed by atoms with Crippen molar-refractivity contribution < 1.29 is 4.79 Å². The zero-order valence-corrected chi connectivity index (χ0v) is 15.1. The number of carbonyl (C=O) groups excluding carboxylic acids is 1. The van der Waals surface area contributed by atoms with Gasteiger partial charge in [0.1, 0.15) is 6.54 Å².